The summed E-state index contributed by atoms with van der Waals surface area (Å²) in [6, 6.07) is 7.77. The van der Waals surface area contributed by atoms with Crippen LogP contribution in [0.25, 0.3) is 10.9 Å². The maximum Gasteiger partial charge on any atom is 0.131 e. The van der Waals surface area contributed by atoms with E-state index >= 15 is 0 Å². The molecule has 52 valence electrons. The van der Waals surface area contributed by atoms with Crippen LogP contribution in [-0.4, -0.2) is 5.16 Å². The lowest BCUT2D eigenvalue weighted by Gasteiger charge is -1.78. The summed E-state index contributed by atoms with van der Waals surface area (Å²) in [5.41, 5.74) is 0.914. The van der Waals surface area contributed by atoms with Gasteiger partial charge < -0.3 is 10.7 Å². The molecule has 1 aromatic heterocycles. The molecule has 1 aromatic carbocycles. The van der Waals surface area contributed by atoms with Crippen LogP contribution >= 0.6 is 0 Å². The Balaban J connectivity index is 0.000000500. The van der Waals surface area contributed by atoms with E-state index < -0.39 is 0 Å². The topological polar surface area (TPSA) is 61.0 Å². The van der Waals surface area contributed by atoms with Gasteiger partial charge in [0.15, 0.2) is 0 Å². The number of hydrogen-bond acceptors (Lipinski definition) is 3. The number of fused-ring (bicyclic) bond motifs is 1. The summed E-state index contributed by atoms with van der Waals surface area (Å²) < 4.78 is 4.71. The predicted octanol–water partition coefficient (Wildman–Crippen LogP) is 1.99. The van der Waals surface area contributed by atoms with Crippen LogP contribution in [0.15, 0.2) is 35.1 Å². The summed E-state index contributed by atoms with van der Waals surface area (Å²) in [4.78, 5) is 0. The van der Waals surface area contributed by atoms with E-state index in [4.69, 9.17) is 4.52 Å². The van der Waals surface area contributed by atoms with Crippen molar-refractivity contribution in [3.8, 4) is 0 Å². The highest BCUT2D eigenvalue weighted by molar-refractivity contribution is 5.76. The molecular formula is C7H8N2O. The minimum absolute atomic E-state index is 0. The minimum Gasteiger partial charge on any atom is -0.364 e. The molecule has 0 saturated carbocycles. The lowest BCUT2D eigenvalue weighted by molar-refractivity contribution is 0.428. The normalized spacial score (nSPS) is 9.20. The fraction of sp³-hybridized carbons (Fsp3) is 0. The first-order valence-corrected chi connectivity index (χ1v) is 2.76. The molecular weight excluding hydrogens is 128 g/mol. The predicted molar refractivity (Wildman–Crippen MR) is 39.0 cm³/mol. The van der Waals surface area contributed by atoms with Crippen molar-refractivity contribution in [2.24, 2.45) is 0 Å². The molecule has 0 aliphatic rings. The zero-order valence-electron chi connectivity index (χ0n) is 5.45. The number of hydrogen-bond donors (Lipinski definition) is 1. The molecule has 3 nitrogen and oxygen atoms in total. The summed E-state index contributed by atoms with van der Waals surface area (Å²) >= 11 is 0. The van der Waals surface area contributed by atoms with Gasteiger partial charge in [0.05, 0.1) is 0 Å². The molecule has 0 amide bonds. The van der Waals surface area contributed by atoms with E-state index in [2.05, 4.69) is 5.16 Å². The van der Waals surface area contributed by atoms with Crippen molar-refractivity contribution in [2.75, 3.05) is 0 Å². The molecule has 10 heavy (non-hydrogen) atoms. The Morgan fingerprint density at radius 3 is 2.80 bits per heavy atom. The Hall–Kier alpha value is -1.35. The Labute approximate surface area is 58.2 Å². The van der Waals surface area contributed by atoms with E-state index in [0.29, 0.717) is 0 Å². The minimum atomic E-state index is 0. The van der Waals surface area contributed by atoms with Crippen molar-refractivity contribution in [2.45, 2.75) is 0 Å². The molecule has 3 N–H and O–H groups in total. The average molecular weight is 136 g/mol. The third-order valence-corrected chi connectivity index (χ3v) is 1.27. The number of rotatable bonds is 0. The van der Waals surface area contributed by atoms with Gasteiger partial charge in [0, 0.05) is 5.39 Å². The fourth-order valence-corrected chi connectivity index (χ4v) is 0.810. The quantitative estimate of drug-likeness (QED) is 0.602. The number of nitrogens with zero attached hydrogens (tertiary/aromatic N) is 1. The maximum atomic E-state index is 4.71. The standard InChI is InChI=1S/C7H5NO.H3N/c1-2-4-7-6(3-1)5-9-8-7;/h1-5H;1H3. The monoisotopic (exact) mass is 136 g/mol. The second kappa shape index (κ2) is 2.49. The molecule has 0 bridgehead atoms. The summed E-state index contributed by atoms with van der Waals surface area (Å²) in [5.74, 6) is 0. The van der Waals surface area contributed by atoms with E-state index in [1.54, 1.807) is 6.26 Å². The molecule has 3 heteroatoms. The van der Waals surface area contributed by atoms with Crippen molar-refractivity contribution in [1.29, 1.82) is 0 Å². The van der Waals surface area contributed by atoms with E-state index in [-0.39, 0.29) is 6.15 Å². The second-order valence-electron chi connectivity index (χ2n) is 1.87. The molecule has 0 aliphatic heterocycles. The molecule has 0 fully saturated rings. The summed E-state index contributed by atoms with van der Waals surface area (Å²) in [6.07, 6.45) is 1.63. The van der Waals surface area contributed by atoms with Crippen LogP contribution in [0.2, 0.25) is 0 Å². The Kier molecular flexibility index (Phi) is 1.69. The third kappa shape index (κ3) is 0.867. The smallest absolute Gasteiger partial charge is 0.131 e. The van der Waals surface area contributed by atoms with Gasteiger partial charge in [-0.25, -0.2) is 0 Å². The molecule has 0 saturated heterocycles. The highest BCUT2D eigenvalue weighted by Crippen LogP contribution is 2.09. The zero-order chi connectivity index (χ0) is 6.10. The lowest BCUT2D eigenvalue weighted by Crippen LogP contribution is -1.61. The maximum absolute atomic E-state index is 4.71. The molecule has 0 spiro atoms. The van der Waals surface area contributed by atoms with Crippen LogP contribution in [0.4, 0.5) is 0 Å². The molecule has 2 aromatic rings. The highest BCUT2D eigenvalue weighted by atomic mass is 16.5. The Bertz CT molecular complexity index is 286. The van der Waals surface area contributed by atoms with Crippen molar-refractivity contribution in [1.82, 2.24) is 11.3 Å². The van der Waals surface area contributed by atoms with Gasteiger partial charge in [-0.05, 0) is 12.1 Å². The molecule has 0 atom stereocenters. The molecule has 0 aliphatic carbocycles. The summed E-state index contributed by atoms with van der Waals surface area (Å²) in [5, 5.41) is 4.80. The first-order chi connectivity index (χ1) is 4.47. The van der Waals surface area contributed by atoms with Crippen LogP contribution in [-0.2, 0) is 0 Å². The van der Waals surface area contributed by atoms with Crippen molar-refractivity contribution >= 4 is 10.9 Å². The third-order valence-electron chi connectivity index (χ3n) is 1.27. The van der Waals surface area contributed by atoms with E-state index in [1.807, 2.05) is 24.3 Å². The molecule has 1 heterocycles. The summed E-state index contributed by atoms with van der Waals surface area (Å²) in [7, 11) is 0. The Morgan fingerprint density at radius 1 is 1.20 bits per heavy atom. The van der Waals surface area contributed by atoms with Gasteiger partial charge >= 0.3 is 0 Å². The first-order valence-electron chi connectivity index (χ1n) is 2.76. The van der Waals surface area contributed by atoms with Crippen LogP contribution in [0.5, 0.6) is 0 Å². The SMILES string of the molecule is N.c1ccc2nocc2c1. The molecule has 0 unspecified atom stereocenters. The van der Waals surface area contributed by atoms with Gasteiger partial charge in [0.2, 0.25) is 0 Å². The van der Waals surface area contributed by atoms with Crippen molar-refractivity contribution in [3.05, 3.63) is 30.5 Å². The zero-order valence-corrected chi connectivity index (χ0v) is 5.45. The van der Waals surface area contributed by atoms with Crippen LogP contribution in [0.1, 0.15) is 0 Å². The van der Waals surface area contributed by atoms with Gasteiger partial charge in [-0.2, -0.15) is 0 Å². The van der Waals surface area contributed by atoms with E-state index in [0.717, 1.165) is 10.9 Å². The number of benzene rings is 1. The van der Waals surface area contributed by atoms with Gasteiger partial charge in [-0.3, -0.25) is 0 Å². The average Bonchev–Trinajstić information content (AvgIpc) is 2.33. The van der Waals surface area contributed by atoms with Gasteiger partial charge in [-0.1, -0.05) is 17.3 Å². The van der Waals surface area contributed by atoms with Gasteiger partial charge in [-0.15, -0.1) is 0 Å². The fourth-order valence-electron chi connectivity index (χ4n) is 0.810. The van der Waals surface area contributed by atoms with Crippen LogP contribution in [0, 0.1) is 0 Å². The largest absolute Gasteiger partial charge is 0.364 e. The van der Waals surface area contributed by atoms with Crippen LogP contribution in [0.3, 0.4) is 0 Å². The number of aromatic nitrogens is 1. The van der Waals surface area contributed by atoms with Crippen molar-refractivity contribution < 1.29 is 4.52 Å². The van der Waals surface area contributed by atoms with Crippen molar-refractivity contribution in [3.63, 3.8) is 0 Å². The van der Waals surface area contributed by atoms with E-state index in [1.165, 1.54) is 0 Å². The first kappa shape index (κ1) is 6.77. The highest BCUT2D eigenvalue weighted by Gasteiger charge is 1.91. The van der Waals surface area contributed by atoms with Gasteiger partial charge in [0.25, 0.3) is 0 Å². The van der Waals surface area contributed by atoms with E-state index in [9.17, 15) is 0 Å². The van der Waals surface area contributed by atoms with Crippen LogP contribution < -0.4 is 6.15 Å². The second-order valence-corrected chi connectivity index (χ2v) is 1.87. The molecule has 0 radical (unpaired) electrons. The molecule has 2 rings (SSSR count). The summed E-state index contributed by atoms with van der Waals surface area (Å²) in [6.45, 7) is 0. The lowest BCUT2D eigenvalue weighted by atomic mass is 10.3. The van der Waals surface area contributed by atoms with Gasteiger partial charge in [0.1, 0.15) is 11.8 Å². The Morgan fingerprint density at radius 2 is 2.00 bits per heavy atom.